The number of nitrogens with two attached hydrogens (primary N) is 1. The summed E-state index contributed by atoms with van der Waals surface area (Å²) in [6.07, 6.45) is -6.03. The summed E-state index contributed by atoms with van der Waals surface area (Å²) in [5, 5.41) is 1.80. The molecule has 0 aliphatic carbocycles. The Morgan fingerprint density at radius 1 is 1.14 bits per heavy atom. The normalized spacial score (nSPS) is 12.2. The maximum absolute atomic E-state index is 12.9. The number of nitrogens with one attached hydrogen (secondary N) is 1. The highest BCUT2D eigenvalue weighted by molar-refractivity contribution is 6.33. The van der Waals surface area contributed by atoms with Gasteiger partial charge in [-0.3, -0.25) is 4.79 Å². The molecule has 156 valence electrons. The zero-order valence-electron chi connectivity index (χ0n) is 15.1. The van der Waals surface area contributed by atoms with Crippen LogP contribution in [0.4, 0.5) is 24.5 Å². The van der Waals surface area contributed by atoms with Gasteiger partial charge in [0.1, 0.15) is 11.3 Å². The minimum absolute atomic E-state index is 0.0720. The van der Waals surface area contributed by atoms with Gasteiger partial charge in [0.25, 0.3) is 5.91 Å². The summed E-state index contributed by atoms with van der Waals surface area (Å²) in [5.74, 6) is -1.70. The standard InChI is InChI=1S/C18H15Cl2F3N2O4/c1-8(29-17(27)10-6-13(20)14(24)7-15(10)28-2)16(26)25-9-3-4-12(19)11(5-9)18(21,22)23/h3-8H,24H2,1-2H3,(H,25,26). The van der Waals surface area contributed by atoms with E-state index in [4.69, 9.17) is 38.4 Å². The number of carbonyl (C=O) groups is 2. The van der Waals surface area contributed by atoms with Crippen molar-refractivity contribution in [2.45, 2.75) is 19.2 Å². The predicted molar refractivity (Wildman–Crippen MR) is 102 cm³/mol. The fourth-order valence-corrected chi connectivity index (χ4v) is 2.63. The van der Waals surface area contributed by atoms with Gasteiger partial charge in [0.15, 0.2) is 6.10 Å². The Labute approximate surface area is 173 Å². The molecule has 1 unspecified atom stereocenters. The number of amides is 1. The van der Waals surface area contributed by atoms with E-state index in [1.807, 2.05) is 0 Å². The van der Waals surface area contributed by atoms with Gasteiger partial charge in [0.2, 0.25) is 0 Å². The minimum Gasteiger partial charge on any atom is -0.496 e. The Morgan fingerprint density at radius 3 is 2.38 bits per heavy atom. The fourth-order valence-electron chi connectivity index (χ4n) is 2.24. The highest BCUT2D eigenvalue weighted by atomic mass is 35.5. The van der Waals surface area contributed by atoms with E-state index in [-0.39, 0.29) is 27.7 Å². The first-order valence-electron chi connectivity index (χ1n) is 7.95. The van der Waals surface area contributed by atoms with Gasteiger partial charge in [-0.2, -0.15) is 13.2 Å². The topological polar surface area (TPSA) is 90.7 Å². The van der Waals surface area contributed by atoms with Crippen LogP contribution in [0, 0.1) is 0 Å². The van der Waals surface area contributed by atoms with E-state index in [1.54, 1.807) is 0 Å². The lowest BCUT2D eigenvalue weighted by Crippen LogP contribution is -2.30. The average Bonchev–Trinajstić information content (AvgIpc) is 2.63. The number of esters is 1. The fraction of sp³-hybridized carbons (Fsp3) is 0.222. The van der Waals surface area contributed by atoms with Gasteiger partial charge in [-0.1, -0.05) is 23.2 Å². The molecule has 0 saturated carbocycles. The first kappa shape index (κ1) is 22.6. The second-order valence-corrected chi connectivity index (χ2v) is 6.62. The summed E-state index contributed by atoms with van der Waals surface area (Å²) in [4.78, 5) is 24.6. The number of benzene rings is 2. The molecular formula is C18H15Cl2F3N2O4. The van der Waals surface area contributed by atoms with E-state index in [2.05, 4.69) is 5.32 Å². The number of halogens is 5. The van der Waals surface area contributed by atoms with Crippen molar-refractivity contribution in [3.05, 3.63) is 51.5 Å². The largest absolute Gasteiger partial charge is 0.496 e. The SMILES string of the molecule is COc1cc(N)c(Cl)cc1C(=O)OC(C)C(=O)Nc1ccc(Cl)c(C(F)(F)F)c1. The highest BCUT2D eigenvalue weighted by Gasteiger charge is 2.33. The van der Waals surface area contributed by atoms with Gasteiger partial charge in [-0.05, 0) is 31.2 Å². The van der Waals surface area contributed by atoms with Crippen LogP contribution in [0.2, 0.25) is 10.0 Å². The van der Waals surface area contributed by atoms with Crippen molar-refractivity contribution in [1.29, 1.82) is 0 Å². The molecule has 1 amide bonds. The van der Waals surface area contributed by atoms with Crippen LogP contribution in [-0.2, 0) is 15.7 Å². The van der Waals surface area contributed by atoms with E-state index >= 15 is 0 Å². The number of rotatable bonds is 5. The first-order valence-corrected chi connectivity index (χ1v) is 8.71. The molecule has 29 heavy (non-hydrogen) atoms. The van der Waals surface area contributed by atoms with Gasteiger partial charge in [-0.25, -0.2) is 4.79 Å². The lowest BCUT2D eigenvalue weighted by Gasteiger charge is -2.16. The zero-order chi connectivity index (χ0) is 21.9. The Hall–Kier alpha value is -2.65. The second-order valence-electron chi connectivity index (χ2n) is 5.80. The van der Waals surface area contributed by atoms with Gasteiger partial charge >= 0.3 is 12.1 Å². The zero-order valence-corrected chi connectivity index (χ0v) is 16.6. The van der Waals surface area contributed by atoms with Gasteiger partial charge in [-0.15, -0.1) is 0 Å². The lowest BCUT2D eigenvalue weighted by atomic mass is 10.1. The number of anilines is 2. The van der Waals surface area contributed by atoms with Crippen LogP contribution in [0.5, 0.6) is 5.75 Å². The van der Waals surface area contributed by atoms with Crippen LogP contribution >= 0.6 is 23.2 Å². The number of hydrogen-bond acceptors (Lipinski definition) is 5. The molecule has 0 aliphatic rings. The minimum atomic E-state index is -4.69. The maximum Gasteiger partial charge on any atom is 0.417 e. The lowest BCUT2D eigenvalue weighted by molar-refractivity contribution is -0.137. The van der Waals surface area contributed by atoms with Crippen LogP contribution in [-0.4, -0.2) is 25.1 Å². The van der Waals surface area contributed by atoms with Crippen LogP contribution in [0.25, 0.3) is 0 Å². The smallest absolute Gasteiger partial charge is 0.417 e. The summed E-state index contributed by atoms with van der Waals surface area (Å²) >= 11 is 11.4. The molecule has 0 bridgehead atoms. The molecular weight excluding hydrogens is 436 g/mol. The van der Waals surface area contributed by atoms with Crippen molar-refractivity contribution in [3.63, 3.8) is 0 Å². The number of nitrogen functional groups attached to an aromatic ring is 1. The molecule has 0 fully saturated rings. The predicted octanol–water partition coefficient (Wildman–Crippen LogP) is 4.79. The van der Waals surface area contributed by atoms with Gasteiger partial charge in [0, 0.05) is 11.8 Å². The molecule has 0 heterocycles. The summed E-state index contributed by atoms with van der Waals surface area (Å²) in [6, 6.07) is 5.40. The van der Waals surface area contributed by atoms with Crippen molar-refractivity contribution < 1.29 is 32.2 Å². The number of hydrogen-bond donors (Lipinski definition) is 2. The van der Waals surface area contributed by atoms with E-state index in [9.17, 15) is 22.8 Å². The van der Waals surface area contributed by atoms with Crippen molar-refractivity contribution in [3.8, 4) is 5.75 Å². The second kappa shape index (κ2) is 8.79. The van der Waals surface area contributed by atoms with E-state index in [0.717, 1.165) is 6.07 Å². The molecule has 6 nitrogen and oxygen atoms in total. The van der Waals surface area contributed by atoms with Crippen LogP contribution in [0.1, 0.15) is 22.8 Å². The molecule has 2 rings (SSSR count). The molecule has 0 aromatic heterocycles. The molecule has 0 saturated heterocycles. The van der Waals surface area contributed by atoms with E-state index in [0.29, 0.717) is 6.07 Å². The number of carbonyl (C=O) groups excluding carboxylic acids is 2. The number of alkyl halides is 3. The van der Waals surface area contributed by atoms with Crippen molar-refractivity contribution in [1.82, 2.24) is 0 Å². The highest BCUT2D eigenvalue weighted by Crippen LogP contribution is 2.36. The quantitative estimate of drug-likeness (QED) is 0.504. The molecule has 2 aromatic carbocycles. The molecule has 2 aromatic rings. The average molecular weight is 451 g/mol. The Bertz CT molecular complexity index is 951. The first-order chi connectivity index (χ1) is 13.4. The van der Waals surface area contributed by atoms with Gasteiger partial charge in [0.05, 0.1) is 28.4 Å². The van der Waals surface area contributed by atoms with Crippen LogP contribution in [0.3, 0.4) is 0 Å². The third kappa shape index (κ3) is 5.45. The van der Waals surface area contributed by atoms with E-state index in [1.165, 1.54) is 32.2 Å². The summed E-state index contributed by atoms with van der Waals surface area (Å²) in [5.41, 5.74) is 4.47. The Balaban J connectivity index is 2.14. The molecule has 0 spiro atoms. The third-order valence-electron chi connectivity index (χ3n) is 3.73. The molecule has 3 N–H and O–H groups in total. The maximum atomic E-state index is 12.9. The van der Waals surface area contributed by atoms with Crippen molar-refractivity contribution in [2.75, 3.05) is 18.2 Å². The summed E-state index contributed by atoms with van der Waals surface area (Å²) in [7, 11) is 1.30. The molecule has 0 radical (unpaired) electrons. The molecule has 11 heteroatoms. The molecule has 1 atom stereocenters. The van der Waals surface area contributed by atoms with Crippen LogP contribution < -0.4 is 15.8 Å². The Kier molecular flexibility index (Phi) is 6.86. The van der Waals surface area contributed by atoms with Crippen LogP contribution in [0.15, 0.2) is 30.3 Å². The van der Waals surface area contributed by atoms with Crippen molar-refractivity contribution >= 4 is 46.5 Å². The van der Waals surface area contributed by atoms with Crippen molar-refractivity contribution in [2.24, 2.45) is 0 Å². The monoisotopic (exact) mass is 450 g/mol. The van der Waals surface area contributed by atoms with Gasteiger partial charge < -0.3 is 20.5 Å². The summed E-state index contributed by atoms with van der Waals surface area (Å²) < 4.78 is 48.8. The third-order valence-corrected chi connectivity index (χ3v) is 4.39. The van der Waals surface area contributed by atoms with E-state index < -0.39 is 34.7 Å². The Morgan fingerprint density at radius 2 is 1.79 bits per heavy atom. The molecule has 0 aliphatic heterocycles. The number of ether oxygens (including phenoxy) is 2. The summed E-state index contributed by atoms with van der Waals surface area (Å²) in [6.45, 7) is 1.25. The number of methoxy groups -OCH3 is 1.